The topological polar surface area (TPSA) is 135 Å². The van der Waals surface area contributed by atoms with Crippen LogP contribution in [0.5, 0.6) is 0 Å². The number of nitrogens with two attached hydrogens (primary N) is 1. The van der Waals surface area contributed by atoms with Gasteiger partial charge in [0.15, 0.2) is 0 Å². The summed E-state index contributed by atoms with van der Waals surface area (Å²) >= 11 is 1.67. The Bertz CT molecular complexity index is 1110. The smallest absolute Gasteiger partial charge is 0.394 e. The highest BCUT2D eigenvalue weighted by Crippen LogP contribution is 2.36. The first kappa shape index (κ1) is 26.2. The average Bonchev–Trinajstić information content (AvgIpc) is 3.37. The van der Waals surface area contributed by atoms with Gasteiger partial charge in [-0.25, -0.2) is 4.57 Å². The van der Waals surface area contributed by atoms with Crippen molar-refractivity contribution in [1.29, 1.82) is 0 Å². The van der Waals surface area contributed by atoms with Gasteiger partial charge in [-0.15, -0.1) is 0 Å². The molecule has 1 aromatic heterocycles. The molecule has 2 aromatic carbocycles. The molecule has 0 radical (unpaired) electrons. The van der Waals surface area contributed by atoms with Gasteiger partial charge in [0.25, 0.3) is 0 Å². The Kier molecular flexibility index (Phi) is 9.16. The Hall–Kier alpha value is -2.36. The normalized spacial score (nSPS) is 14.1. The van der Waals surface area contributed by atoms with Crippen LogP contribution in [-0.2, 0) is 27.0 Å². The minimum atomic E-state index is -4.65. The molecule has 182 valence electrons. The number of hydrogen-bond acceptors (Lipinski definition) is 7. The predicted octanol–water partition coefficient (Wildman–Crippen LogP) is 4.09. The first-order valence-electron chi connectivity index (χ1n) is 10.6. The number of benzene rings is 2. The van der Waals surface area contributed by atoms with E-state index in [1.54, 1.807) is 11.3 Å². The van der Waals surface area contributed by atoms with E-state index in [2.05, 4.69) is 38.6 Å². The maximum absolute atomic E-state index is 10.9. The second-order valence-corrected chi connectivity index (χ2v) is 10.2. The standard InChI is InChI=1S/C24H29N2O6PS/c1-18(26-31-14-20-4-8-22(9-5-20)23-11-13-34-15-23)21-6-2-19(3-7-21)10-12-24(25,16-27)17-32-33(28,29)30/h2-9,11,13,15,27H,10,12,14,16-17,25H2,1H3,(H2,28,29,30). The third-order valence-corrected chi connectivity index (χ3v) is 6.51. The molecule has 8 nitrogen and oxygen atoms in total. The van der Waals surface area contributed by atoms with Gasteiger partial charge in [-0.05, 0) is 64.4 Å². The van der Waals surface area contributed by atoms with Crippen LogP contribution < -0.4 is 5.73 Å². The van der Waals surface area contributed by atoms with E-state index in [1.165, 1.54) is 11.1 Å². The second-order valence-electron chi connectivity index (χ2n) is 8.14. The zero-order chi connectivity index (χ0) is 24.6. The number of oxime groups is 1. The summed E-state index contributed by atoms with van der Waals surface area (Å²) in [5.41, 5.74) is 10.8. The number of aryl methyl sites for hydroxylation is 1. The Labute approximate surface area is 202 Å². The van der Waals surface area contributed by atoms with Crippen LogP contribution in [0.25, 0.3) is 11.1 Å². The number of nitrogens with zero attached hydrogens (tertiary/aromatic N) is 1. The molecule has 1 heterocycles. The molecule has 0 amide bonds. The van der Waals surface area contributed by atoms with Crippen LogP contribution in [0, 0.1) is 0 Å². The van der Waals surface area contributed by atoms with Gasteiger partial charge in [0.05, 0.1) is 24.5 Å². The van der Waals surface area contributed by atoms with Crippen LogP contribution in [0.15, 0.2) is 70.5 Å². The van der Waals surface area contributed by atoms with Gasteiger partial charge in [-0.2, -0.15) is 11.3 Å². The predicted molar refractivity (Wildman–Crippen MR) is 134 cm³/mol. The molecular formula is C24H29N2O6PS. The molecule has 10 heteroatoms. The lowest BCUT2D eigenvalue weighted by Crippen LogP contribution is -2.48. The molecule has 0 aliphatic carbocycles. The van der Waals surface area contributed by atoms with Gasteiger partial charge >= 0.3 is 7.82 Å². The van der Waals surface area contributed by atoms with Crippen LogP contribution in [-0.4, -0.2) is 39.4 Å². The molecule has 0 aliphatic rings. The first-order valence-corrected chi connectivity index (χ1v) is 13.1. The van der Waals surface area contributed by atoms with Crippen molar-refractivity contribution in [2.24, 2.45) is 10.9 Å². The molecule has 5 N–H and O–H groups in total. The number of aliphatic hydroxyl groups excluding tert-OH is 1. The average molecular weight is 505 g/mol. The Morgan fingerprint density at radius 1 is 1.06 bits per heavy atom. The van der Waals surface area contributed by atoms with Crippen molar-refractivity contribution in [3.8, 4) is 11.1 Å². The van der Waals surface area contributed by atoms with E-state index in [0.29, 0.717) is 19.4 Å². The zero-order valence-electron chi connectivity index (χ0n) is 18.8. The van der Waals surface area contributed by atoms with Crippen LogP contribution in [0.2, 0.25) is 0 Å². The Balaban J connectivity index is 1.50. The van der Waals surface area contributed by atoms with Crippen molar-refractivity contribution in [3.63, 3.8) is 0 Å². The van der Waals surface area contributed by atoms with E-state index in [-0.39, 0.29) is 0 Å². The molecule has 3 rings (SSSR count). The number of aliphatic hydroxyl groups is 1. The van der Waals surface area contributed by atoms with Gasteiger partial charge in [-0.3, -0.25) is 4.52 Å². The second kappa shape index (κ2) is 11.9. The van der Waals surface area contributed by atoms with Crippen molar-refractivity contribution in [2.45, 2.75) is 31.9 Å². The van der Waals surface area contributed by atoms with Gasteiger partial charge < -0.3 is 25.5 Å². The summed E-state index contributed by atoms with van der Waals surface area (Å²) in [5.74, 6) is 0. The van der Waals surface area contributed by atoms with E-state index in [1.807, 2.05) is 43.3 Å². The summed E-state index contributed by atoms with van der Waals surface area (Å²) in [4.78, 5) is 23.2. The summed E-state index contributed by atoms with van der Waals surface area (Å²) in [6, 6.07) is 17.9. The summed E-state index contributed by atoms with van der Waals surface area (Å²) in [6.07, 6.45) is 0.806. The maximum Gasteiger partial charge on any atom is 0.469 e. The molecule has 1 unspecified atom stereocenters. The van der Waals surface area contributed by atoms with Crippen LogP contribution >= 0.6 is 19.2 Å². The largest absolute Gasteiger partial charge is 0.469 e. The molecule has 0 saturated heterocycles. The van der Waals surface area contributed by atoms with Crippen molar-refractivity contribution < 1.29 is 28.8 Å². The van der Waals surface area contributed by atoms with E-state index in [9.17, 15) is 9.67 Å². The minimum absolute atomic E-state index is 0.296. The minimum Gasteiger partial charge on any atom is -0.394 e. The summed E-state index contributed by atoms with van der Waals surface area (Å²) < 4.78 is 15.4. The van der Waals surface area contributed by atoms with Crippen LogP contribution in [0.1, 0.15) is 30.0 Å². The summed E-state index contributed by atoms with van der Waals surface area (Å²) in [5, 5.41) is 17.9. The number of phosphoric acid groups is 1. The third kappa shape index (κ3) is 8.14. The Morgan fingerprint density at radius 2 is 1.74 bits per heavy atom. The Morgan fingerprint density at radius 3 is 2.32 bits per heavy atom. The molecule has 0 bridgehead atoms. The molecule has 0 aliphatic heterocycles. The molecule has 0 spiro atoms. The fraction of sp³-hybridized carbons (Fsp3) is 0.292. The molecule has 34 heavy (non-hydrogen) atoms. The molecule has 0 fully saturated rings. The van der Waals surface area contributed by atoms with Gasteiger partial charge in [0.1, 0.15) is 6.61 Å². The van der Waals surface area contributed by atoms with Crippen molar-refractivity contribution in [3.05, 3.63) is 82.0 Å². The highest BCUT2D eigenvalue weighted by atomic mass is 32.1. The lowest BCUT2D eigenvalue weighted by molar-refractivity contribution is 0.102. The lowest BCUT2D eigenvalue weighted by Gasteiger charge is -2.27. The van der Waals surface area contributed by atoms with E-state index < -0.39 is 26.6 Å². The van der Waals surface area contributed by atoms with Crippen LogP contribution in [0.4, 0.5) is 0 Å². The summed E-state index contributed by atoms with van der Waals surface area (Å²) in [7, 11) is -4.65. The van der Waals surface area contributed by atoms with E-state index in [4.69, 9.17) is 20.4 Å². The highest BCUT2D eigenvalue weighted by Gasteiger charge is 2.28. The molecular weight excluding hydrogens is 475 g/mol. The number of phosphoric ester groups is 1. The lowest BCUT2D eigenvalue weighted by atomic mass is 9.93. The summed E-state index contributed by atoms with van der Waals surface area (Å²) in [6.45, 7) is 1.34. The zero-order valence-corrected chi connectivity index (χ0v) is 20.5. The monoisotopic (exact) mass is 504 g/mol. The van der Waals surface area contributed by atoms with Gasteiger partial charge in [-0.1, -0.05) is 53.7 Å². The number of thiophene rings is 1. The van der Waals surface area contributed by atoms with E-state index in [0.717, 1.165) is 22.4 Å². The van der Waals surface area contributed by atoms with E-state index >= 15 is 0 Å². The quantitative estimate of drug-likeness (QED) is 0.166. The van der Waals surface area contributed by atoms with Crippen LogP contribution in [0.3, 0.4) is 0 Å². The number of hydrogen-bond donors (Lipinski definition) is 4. The molecule has 1 atom stereocenters. The molecule has 0 saturated carbocycles. The van der Waals surface area contributed by atoms with Crippen molar-refractivity contribution in [1.82, 2.24) is 0 Å². The third-order valence-electron chi connectivity index (χ3n) is 5.36. The highest BCUT2D eigenvalue weighted by molar-refractivity contribution is 7.46. The maximum atomic E-state index is 10.9. The fourth-order valence-corrected chi connectivity index (χ4v) is 4.28. The van der Waals surface area contributed by atoms with Gasteiger partial charge in [0, 0.05) is 0 Å². The SMILES string of the molecule is CC(=NOCc1ccc(-c2ccsc2)cc1)c1ccc(CCC(N)(CO)COP(=O)(O)O)cc1. The van der Waals surface area contributed by atoms with Gasteiger partial charge in [0.2, 0.25) is 0 Å². The fourth-order valence-electron chi connectivity index (χ4n) is 3.19. The number of rotatable bonds is 12. The van der Waals surface area contributed by atoms with Crippen molar-refractivity contribution in [2.75, 3.05) is 13.2 Å². The first-order chi connectivity index (χ1) is 16.2. The molecule has 3 aromatic rings. The van der Waals surface area contributed by atoms with Crippen molar-refractivity contribution >= 4 is 24.9 Å².